The minimum absolute atomic E-state index is 0.0154. The summed E-state index contributed by atoms with van der Waals surface area (Å²) in [5.41, 5.74) is 0.963. The lowest BCUT2D eigenvalue weighted by Gasteiger charge is -2.18. The molecule has 0 bridgehead atoms. The lowest BCUT2D eigenvalue weighted by molar-refractivity contribution is -0.137. The Hall–Kier alpha value is -2.19. The Bertz CT molecular complexity index is 618. The van der Waals surface area contributed by atoms with Crippen molar-refractivity contribution in [3.05, 3.63) is 35.9 Å². The second-order valence-electron chi connectivity index (χ2n) is 5.69. The molecule has 142 valence electrons. The van der Waals surface area contributed by atoms with E-state index in [0.29, 0.717) is 13.0 Å². The molecule has 0 radical (unpaired) electrons. The molecule has 0 unspecified atom stereocenters. The van der Waals surface area contributed by atoms with E-state index in [4.69, 9.17) is 11.5 Å². The van der Waals surface area contributed by atoms with Gasteiger partial charge in [-0.05, 0) is 18.1 Å². The van der Waals surface area contributed by atoms with Crippen molar-refractivity contribution in [1.29, 1.82) is 0 Å². The zero-order valence-corrected chi connectivity index (χ0v) is 16.5. The molecule has 1 rings (SSSR count). The first-order valence-corrected chi connectivity index (χ1v) is 9.28. The van der Waals surface area contributed by atoms with Crippen molar-refractivity contribution in [1.82, 2.24) is 4.90 Å². The first-order valence-electron chi connectivity index (χ1n) is 8.83. The fraction of sp³-hybridized carbons (Fsp3) is 0.429. The molecule has 4 nitrogen and oxygen atoms in total. The first kappa shape index (κ1) is 23.8. The van der Waals surface area contributed by atoms with Crippen LogP contribution in [0.15, 0.2) is 35.2 Å². The Kier molecular flexibility index (Phi) is 13.8. The number of rotatable bonds is 9. The second-order valence-corrected chi connectivity index (χ2v) is 6.17. The van der Waals surface area contributed by atoms with Crippen LogP contribution in [-0.2, 0) is 9.59 Å². The summed E-state index contributed by atoms with van der Waals surface area (Å²) in [4.78, 5) is 24.9. The molecule has 0 fully saturated rings. The van der Waals surface area contributed by atoms with Gasteiger partial charge < -0.3 is 10.0 Å². The largest absolute Gasteiger partial charge is 0.481 e. The topological polar surface area (TPSA) is 57.6 Å². The molecular formula is C21H29NO3S. The number of thiol groups is 1. The summed E-state index contributed by atoms with van der Waals surface area (Å²) in [5.74, 6) is 1.41. The zero-order chi connectivity index (χ0) is 19.8. The van der Waals surface area contributed by atoms with Gasteiger partial charge in [0.1, 0.15) is 0 Å². The smallest absolute Gasteiger partial charge is 0.303 e. The highest BCUT2D eigenvalue weighted by molar-refractivity contribution is 7.80. The summed E-state index contributed by atoms with van der Waals surface area (Å²) in [6.07, 6.45) is 12.1. The molecule has 1 aromatic carbocycles. The highest BCUT2D eigenvalue weighted by Gasteiger charge is 2.11. The third-order valence-corrected chi connectivity index (χ3v) is 3.88. The SMILES string of the molecule is C#CCN(C/C=C/c1ccccc1S)C(=O)CCCC(=O)O.CCCC. The number of carboxylic acids is 1. The van der Waals surface area contributed by atoms with Gasteiger partial charge in [0, 0.05) is 24.3 Å². The summed E-state index contributed by atoms with van der Waals surface area (Å²) >= 11 is 4.35. The number of terminal acetylenes is 1. The minimum atomic E-state index is -0.901. The van der Waals surface area contributed by atoms with Crippen LogP contribution in [0, 0.1) is 12.3 Å². The first-order chi connectivity index (χ1) is 12.5. The monoisotopic (exact) mass is 375 g/mol. The van der Waals surface area contributed by atoms with Gasteiger partial charge in [0.25, 0.3) is 0 Å². The molecule has 0 heterocycles. The van der Waals surface area contributed by atoms with E-state index in [1.807, 2.05) is 36.4 Å². The molecule has 0 spiro atoms. The number of hydrogen-bond donors (Lipinski definition) is 2. The normalized spacial score (nSPS) is 9.92. The molecular weight excluding hydrogens is 346 g/mol. The maximum atomic E-state index is 12.0. The van der Waals surface area contributed by atoms with Crippen LogP contribution in [0.5, 0.6) is 0 Å². The summed E-state index contributed by atoms with van der Waals surface area (Å²) < 4.78 is 0. The number of amides is 1. The molecule has 5 heteroatoms. The fourth-order valence-electron chi connectivity index (χ4n) is 1.85. The highest BCUT2D eigenvalue weighted by atomic mass is 32.1. The zero-order valence-electron chi connectivity index (χ0n) is 15.6. The Labute approximate surface area is 162 Å². The van der Waals surface area contributed by atoms with Crippen LogP contribution < -0.4 is 0 Å². The van der Waals surface area contributed by atoms with Crippen molar-refractivity contribution in [2.24, 2.45) is 0 Å². The predicted octanol–water partition coefficient (Wildman–Crippen LogP) is 4.51. The lowest BCUT2D eigenvalue weighted by atomic mass is 10.2. The molecule has 0 aliphatic rings. The Morgan fingerprint density at radius 2 is 1.88 bits per heavy atom. The number of hydrogen-bond acceptors (Lipinski definition) is 3. The Balaban J connectivity index is 0.00000141. The van der Waals surface area contributed by atoms with Gasteiger partial charge in [-0.25, -0.2) is 0 Å². The third-order valence-electron chi connectivity index (χ3n) is 3.48. The van der Waals surface area contributed by atoms with E-state index < -0.39 is 5.97 Å². The van der Waals surface area contributed by atoms with Crippen LogP contribution in [0.4, 0.5) is 0 Å². The van der Waals surface area contributed by atoms with Gasteiger partial charge in [0.2, 0.25) is 5.91 Å². The van der Waals surface area contributed by atoms with Crippen molar-refractivity contribution in [3.63, 3.8) is 0 Å². The van der Waals surface area contributed by atoms with Gasteiger partial charge in [-0.2, -0.15) is 0 Å². The molecule has 0 atom stereocenters. The van der Waals surface area contributed by atoms with E-state index in [9.17, 15) is 9.59 Å². The number of benzene rings is 1. The van der Waals surface area contributed by atoms with E-state index in [2.05, 4.69) is 32.4 Å². The molecule has 0 saturated heterocycles. The standard InChI is InChI=1S/C17H19NO3S.C4H10/c1-2-12-18(16(19)10-5-11-17(20)21)13-6-8-14-7-3-4-9-15(14)22;1-3-4-2/h1,3-4,6-9,22H,5,10-13H2,(H,20,21);3-4H2,1-2H3/b8-6+;. The molecule has 1 aromatic rings. The fourth-order valence-corrected chi connectivity index (χ4v) is 2.08. The number of carboxylic acid groups (broad SMARTS) is 1. The maximum absolute atomic E-state index is 12.0. The number of aliphatic carboxylic acids is 1. The molecule has 26 heavy (non-hydrogen) atoms. The lowest BCUT2D eigenvalue weighted by Crippen LogP contribution is -2.31. The predicted molar refractivity (Wildman–Crippen MR) is 110 cm³/mol. The van der Waals surface area contributed by atoms with Gasteiger partial charge in [-0.15, -0.1) is 19.1 Å². The number of unbranched alkanes of at least 4 members (excludes halogenated alkanes) is 1. The van der Waals surface area contributed by atoms with Gasteiger partial charge in [-0.3, -0.25) is 9.59 Å². The van der Waals surface area contributed by atoms with Gasteiger partial charge in [-0.1, -0.05) is 63.0 Å². The summed E-state index contributed by atoms with van der Waals surface area (Å²) in [6.45, 7) is 4.96. The average molecular weight is 376 g/mol. The van der Waals surface area contributed by atoms with E-state index >= 15 is 0 Å². The summed E-state index contributed by atoms with van der Waals surface area (Å²) in [6, 6.07) is 7.63. The molecule has 1 amide bonds. The molecule has 1 N–H and O–H groups in total. The second kappa shape index (κ2) is 15.1. The van der Waals surface area contributed by atoms with E-state index in [-0.39, 0.29) is 25.3 Å². The molecule has 0 aliphatic carbocycles. The van der Waals surface area contributed by atoms with Crippen molar-refractivity contribution in [3.8, 4) is 12.3 Å². The Morgan fingerprint density at radius 1 is 1.23 bits per heavy atom. The Morgan fingerprint density at radius 3 is 2.42 bits per heavy atom. The maximum Gasteiger partial charge on any atom is 0.303 e. The summed E-state index contributed by atoms with van der Waals surface area (Å²) in [5, 5.41) is 8.59. The summed E-state index contributed by atoms with van der Waals surface area (Å²) in [7, 11) is 0. The quantitative estimate of drug-likeness (QED) is 0.493. The van der Waals surface area contributed by atoms with Gasteiger partial charge in [0.15, 0.2) is 0 Å². The van der Waals surface area contributed by atoms with Crippen LogP contribution in [0.1, 0.15) is 51.5 Å². The van der Waals surface area contributed by atoms with Crippen LogP contribution in [0.2, 0.25) is 0 Å². The van der Waals surface area contributed by atoms with E-state index in [1.165, 1.54) is 17.7 Å². The molecule has 0 saturated carbocycles. The average Bonchev–Trinajstić information content (AvgIpc) is 2.62. The van der Waals surface area contributed by atoms with Crippen LogP contribution in [-0.4, -0.2) is 35.0 Å². The van der Waals surface area contributed by atoms with E-state index in [0.717, 1.165) is 10.5 Å². The van der Waals surface area contributed by atoms with Crippen molar-refractivity contribution in [2.75, 3.05) is 13.1 Å². The number of nitrogens with zero attached hydrogens (tertiary/aromatic N) is 1. The van der Waals surface area contributed by atoms with Crippen LogP contribution >= 0.6 is 12.6 Å². The highest BCUT2D eigenvalue weighted by Crippen LogP contribution is 2.14. The number of carbonyl (C=O) groups excluding carboxylic acids is 1. The van der Waals surface area contributed by atoms with Crippen LogP contribution in [0.25, 0.3) is 6.08 Å². The van der Waals surface area contributed by atoms with Crippen molar-refractivity contribution >= 4 is 30.6 Å². The van der Waals surface area contributed by atoms with Crippen LogP contribution in [0.3, 0.4) is 0 Å². The number of carbonyl (C=O) groups is 2. The van der Waals surface area contributed by atoms with E-state index in [1.54, 1.807) is 0 Å². The van der Waals surface area contributed by atoms with Gasteiger partial charge in [0.05, 0.1) is 6.54 Å². The minimum Gasteiger partial charge on any atom is -0.481 e. The van der Waals surface area contributed by atoms with Gasteiger partial charge >= 0.3 is 5.97 Å². The van der Waals surface area contributed by atoms with Crippen molar-refractivity contribution in [2.45, 2.75) is 50.8 Å². The van der Waals surface area contributed by atoms with Crippen molar-refractivity contribution < 1.29 is 14.7 Å². The third kappa shape index (κ3) is 11.4. The molecule has 0 aromatic heterocycles. The molecule has 0 aliphatic heterocycles.